The monoisotopic (exact) mass is 219 g/mol. The Labute approximate surface area is 98.3 Å². The summed E-state index contributed by atoms with van der Waals surface area (Å²) < 4.78 is 0. The first-order valence-electron chi connectivity index (χ1n) is 5.77. The summed E-state index contributed by atoms with van der Waals surface area (Å²) >= 11 is 0. The minimum Gasteiger partial charge on any atom is -0.294 e. The summed E-state index contributed by atoms with van der Waals surface area (Å²) in [7, 11) is 2.00. The molecule has 1 aromatic rings. The Morgan fingerprint density at radius 1 is 1.25 bits per heavy atom. The Morgan fingerprint density at radius 2 is 1.81 bits per heavy atom. The average Bonchev–Trinajstić information content (AvgIpc) is 2.30. The number of nitrogens with zero attached hydrogens (tertiary/aromatic N) is 1. The van der Waals surface area contributed by atoms with Gasteiger partial charge in [0.05, 0.1) is 6.54 Å². The molecule has 88 valence electrons. The lowest BCUT2D eigenvalue weighted by Gasteiger charge is -2.34. The van der Waals surface area contributed by atoms with Crippen LogP contribution in [-0.4, -0.2) is 29.8 Å². The van der Waals surface area contributed by atoms with Crippen molar-refractivity contribution >= 4 is 5.78 Å². The van der Waals surface area contributed by atoms with Crippen molar-refractivity contribution in [1.82, 2.24) is 4.90 Å². The second kappa shape index (κ2) is 5.26. The molecule has 0 N–H and O–H groups in total. The van der Waals surface area contributed by atoms with Crippen molar-refractivity contribution in [3.63, 3.8) is 0 Å². The van der Waals surface area contributed by atoms with Gasteiger partial charge >= 0.3 is 0 Å². The van der Waals surface area contributed by atoms with Gasteiger partial charge in [0.25, 0.3) is 0 Å². The van der Waals surface area contributed by atoms with Crippen LogP contribution in [0.1, 0.15) is 37.6 Å². The standard InChI is InChI=1S/C14H21NO/c1-5-14(2,3)15(4)11-13(16)12-9-7-6-8-10-12/h6-10H,5,11H2,1-4H3. The molecule has 0 aliphatic heterocycles. The lowest BCUT2D eigenvalue weighted by Crippen LogP contribution is -2.43. The van der Waals surface area contributed by atoms with Crippen LogP contribution in [0.15, 0.2) is 30.3 Å². The summed E-state index contributed by atoms with van der Waals surface area (Å²) in [6.07, 6.45) is 1.03. The van der Waals surface area contributed by atoms with Crippen molar-refractivity contribution in [3.8, 4) is 0 Å². The number of carbonyl (C=O) groups is 1. The van der Waals surface area contributed by atoms with Crippen LogP contribution < -0.4 is 0 Å². The fraction of sp³-hybridized carbons (Fsp3) is 0.500. The predicted octanol–water partition coefficient (Wildman–Crippen LogP) is 2.99. The van der Waals surface area contributed by atoms with E-state index in [1.807, 2.05) is 37.4 Å². The van der Waals surface area contributed by atoms with E-state index in [0.29, 0.717) is 6.54 Å². The van der Waals surface area contributed by atoms with Crippen molar-refractivity contribution in [2.75, 3.05) is 13.6 Å². The van der Waals surface area contributed by atoms with Gasteiger partial charge in [0.2, 0.25) is 0 Å². The highest BCUT2D eigenvalue weighted by Gasteiger charge is 2.23. The predicted molar refractivity (Wildman–Crippen MR) is 67.8 cm³/mol. The van der Waals surface area contributed by atoms with Crippen molar-refractivity contribution in [1.29, 1.82) is 0 Å². The Hall–Kier alpha value is -1.15. The zero-order valence-corrected chi connectivity index (χ0v) is 10.7. The fourth-order valence-corrected chi connectivity index (χ4v) is 1.41. The highest BCUT2D eigenvalue weighted by atomic mass is 16.1. The summed E-state index contributed by atoms with van der Waals surface area (Å²) in [5.41, 5.74) is 0.867. The molecule has 0 aliphatic carbocycles. The van der Waals surface area contributed by atoms with Gasteiger partial charge in [0.15, 0.2) is 5.78 Å². The van der Waals surface area contributed by atoms with Gasteiger partial charge in [-0.05, 0) is 27.3 Å². The van der Waals surface area contributed by atoms with Crippen LogP contribution in [0.5, 0.6) is 0 Å². The highest BCUT2D eigenvalue weighted by Crippen LogP contribution is 2.16. The van der Waals surface area contributed by atoms with E-state index < -0.39 is 0 Å². The van der Waals surface area contributed by atoms with E-state index in [2.05, 4.69) is 25.7 Å². The first-order valence-corrected chi connectivity index (χ1v) is 5.77. The van der Waals surface area contributed by atoms with Crippen LogP contribution in [-0.2, 0) is 0 Å². The van der Waals surface area contributed by atoms with Crippen molar-refractivity contribution in [2.24, 2.45) is 0 Å². The fourth-order valence-electron chi connectivity index (χ4n) is 1.41. The smallest absolute Gasteiger partial charge is 0.176 e. The van der Waals surface area contributed by atoms with Gasteiger partial charge in [-0.2, -0.15) is 0 Å². The molecule has 1 aromatic carbocycles. The topological polar surface area (TPSA) is 20.3 Å². The van der Waals surface area contributed by atoms with Gasteiger partial charge in [-0.25, -0.2) is 0 Å². The second-order valence-electron chi connectivity index (χ2n) is 4.81. The van der Waals surface area contributed by atoms with Crippen LogP contribution in [0.25, 0.3) is 0 Å². The SMILES string of the molecule is CCC(C)(C)N(C)CC(=O)c1ccccc1. The Kier molecular flexibility index (Phi) is 4.25. The number of rotatable bonds is 5. The maximum atomic E-state index is 12.0. The molecule has 0 atom stereocenters. The van der Waals surface area contributed by atoms with E-state index in [1.165, 1.54) is 0 Å². The lowest BCUT2D eigenvalue weighted by molar-refractivity contribution is 0.0847. The lowest BCUT2D eigenvalue weighted by atomic mass is 9.99. The van der Waals surface area contributed by atoms with E-state index in [-0.39, 0.29) is 11.3 Å². The van der Waals surface area contributed by atoms with Crippen LogP contribution in [0.3, 0.4) is 0 Å². The van der Waals surface area contributed by atoms with E-state index in [1.54, 1.807) is 0 Å². The first-order chi connectivity index (χ1) is 7.47. The third kappa shape index (κ3) is 3.17. The average molecular weight is 219 g/mol. The molecule has 0 aromatic heterocycles. The van der Waals surface area contributed by atoms with E-state index in [9.17, 15) is 4.79 Å². The molecule has 0 bridgehead atoms. The number of ketones is 1. The van der Waals surface area contributed by atoms with E-state index in [4.69, 9.17) is 0 Å². The summed E-state index contributed by atoms with van der Waals surface area (Å²) in [4.78, 5) is 14.1. The van der Waals surface area contributed by atoms with Gasteiger partial charge in [-0.15, -0.1) is 0 Å². The normalized spacial score (nSPS) is 11.8. The number of Topliss-reactive ketones (excluding diaryl/α,β-unsaturated/α-hetero) is 1. The molecule has 2 heteroatoms. The number of carbonyl (C=O) groups excluding carboxylic acids is 1. The third-order valence-electron chi connectivity index (χ3n) is 3.38. The van der Waals surface area contributed by atoms with E-state index in [0.717, 1.165) is 12.0 Å². The molecule has 0 saturated heterocycles. The zero-order valence-electron chi connectivity index (χ0n) is 10.7. The molecule has 0 radical (unpaired) electrons. The molecule has 0 amide bonds. The van der Waals surface area contributed by atoms with Gasteiger partial charge in [0, 0.05) is 11.1 Å². The number of likely N-dealkylation sites (N-methyl/N-ethyl adjacent to an activating group) is 1. The first kappa shape index (κ1) is 12.9. The molecule has 2 nitrogen and oxygen atoms in total. The molecule has 0 saturated carbocycles. The van der Waals surface area contributed by atoms with Crippen LogP contribution in [0, 0.1) is 0 Å². The molecule has 0 unspecified atom stereocenters. The number of benzene rings is 1. The van der Waals surface area contributed by atoms with Gasteiger partial charge < -0.3 is 0 Å². The van der Waals surface area contributed by atoms with Crippen LogP contribution in [0.2, 0.25) is 0 Å². The van der Waals surface area contributed by atoms with Crippen LogP contribution in [0.4, 0.5) is 0 Å². The molecule has 1 rings (SSSR count). The maximum absolute atomic E-state index is 12.0. The number of hydrogen-bond acceptors (Lipinski definition) is 2. The van der Waals surface area contributed by atoms with Gasteiger partial charge in [-0.3, -0.25) is 9.69 Å². The van der Waals surface area contributed by atoms with Crippen LogP contribution >= 0.6 is 0 Å². The molecule has 16 heavy (non-hydrogen) atoms. The minimum absolute atomic E-state index is 0.0738. The third-order valence-corrected chi connectivity index (χ3v) is 3.38. The molecule has 0 aliphatic rings. The molecule has 0 fully saturated rings. The highest BCUT2D eigenvalue weighted by molar-refractivity contribution is 5.97. The van der Waals surface area contributed by atoms with Gasteiger partial charge in [0.1, 0.15) is 0 Å². The maximum Gasteiger partial charge on any atom is 0.176 e. The quantitative estimate of drug-likeness (QED) is 0.710. The van der Waals surface area contributed by atoms with Crippen molar-refractivity contribution < 1.29 is 4.79 Å². The molecular formula is C14H21NO. The summed E-state index contributed by atoms with van der Waals surface area (Å²) in [5.74, 6) is 0.185. The Bertz CT molecular complexity index is 343. The molecule has 0 heterocycles. The largest absolute Gasteiger partial charge is 0.294 e. The summed E-state index contributed by atoms with van der Waals surface area (Å²) in [6.45, 7) is 6.94. The van der Waals surface area contributed by atoms with E-state index >= 15 is 0 Å². The summed E-state index contributed by atoms with van der Waals surface area (Å²) in [5, 5.41) is 0. The van der Waals surface area contributed by atoms with Crippen molar-refractivity contribution in [2.45, 2.75) is 32.7 Å². The van der Waals surface area contributed by atoms with Crippen molar-refractivity contribution in [3.05, 3.63) is 35.9 Å². The Balaban J connectivity index is 2.66. The molecule has 0 spiro atoms. The van der Waals surface area contributed by atoms with Gasteiger partial charge in [-0.1, -0.05) is 37.3 Å². The summed E-state index contributed by atoms with van der Waals surface area (Å²) in [6, 6.07) is 9.47. The Morgan fingerprint density at radius 3 is 2.31 bits per heavy atom. The zero-order chi connectivity index (χ0) is 12.2. The second-order valence-corrected chi connectivity index (χ2v) is 4.81. The number of hydrogen-bond donors (Lipinski definition) is 0. The minimum atomic E-state index is 0.0738. The molecular weight excluding hydrogens is 198 g/mol.